The quantitative estimate of drug-likeness (QED) is 0.483. The zero-order valence-corrected chi connectivity index (χ0v) is 18.1. The van der Waals surface area contributed by atoms with E-state index in [1.807, 2.05) is 48.5 Å². The number of hydrogen-bond acceptors (Lipinski definition) is 6. The molecule has 0 saturated heterocycles. The van der Waals surface area contributed by atoms with Gasteiger partial charge < -0.3 is 10.2 Å². The number of pyridine rings is 1. The summed E-state index contributed by atoms with van der Waals surface area (Å²) < 4.78 is 0. The minimum absolute atomic E-state index is 0. The van der Waals surface area contributed by atoms with Crippen LogP contribution in [0.25, 0.3) is 10.8 Å². The highest BCUT2D eigenvalue weighted by Crippen LogP contribution is 2.39. The molecule has 168 valence electrons. The normalized spacial score (nSPS) is 15.5. The average Bonchev–Trinajstić information content (AvgIpc) is 3.25. The molecule has 1 aliphatic rings. The minimum Gasteiger partial charge on any atom is -0.337 e. The second-order valence-corrected chi connectivity index (χ2v) is 8.57. The molecule has 2 aromatic heterocycles. The van der Waals surface area contributed by atoms with Gasteiger partial charge in [-0.25, -0.2) is 4.98 Å². The molecule has 4 aromatic rings. The van der Waals surface area contributed by atoms with E-state index >= 15 is 0 Å². The molecule has 0 unspecified atom stereocenters. The second kappa shape index (κ2) is 9.41. The molecule has 2 amide bonds. The number of hydrogen-bond donors (Lipinski definition) is 2. The van der Waals surface area contributed by atoms with E-state index < -0.39 is 11.9 Å². The molecule has 1 aliphatic heterocycles. The predicted octanol–water partition coefficient (Wildman–Crippen LogP) is 3.45. The third-order valence-corrected chi connectivity index (χ3v) is 6.52. The van der Waals surface area contributed by atoms with E-state index in [1.54, 1.807) is 24.3 Å². The molecule has 2 N–H and O–H groups in total. The number of aromatic nitrogens is 4. The number of carbonyl (C=O) groups is 2. The van der Waals surface area contributed by atoms with Gasteiger partial charge in [0.05, 0.1) is 5.69 Å². The molecular formula is C24H24N6O2S. The van der Waals surface area contributed by atoms with Gasteiger partial charge in [-0.05, 0) is 17.7 Å². The lowest BCUT2D eigenvalue weighted by molar-refractivity contribution is -0.119. The van der Waals surface area contributed by atoms with Crippen molar-refractivity contribution in [2.45, 2.75) is 24.8 Å². The highest BCUT2D eigenvalue weighted by atomic mass is 32.2. The van der Waals surface area contributed by atoms with Crippen LogP contribution >= 0.6 is 11.8 Å². The first kappa shape index (κ1) is 22.5. The van der Waals surface area contributed by atoms with Crippen LogP contribution in [0, 0.1) is 0 Å². The molecule has 0 spiro atoms. The largest absolute Gasteiger partial charge is 0.337 e. The fourth-order valence-electron chi connectivity index (χ4n) is 3.77. The molecule has 0 aliphatic carbocycles. The van der Waals surface area contributed by atoms with E-state index in [0.29, 0.717) is 18.0 Å². The molecule has 3 heterocycles. The van der Waals surface area contributed by atoms with Crippen LogP contribution < -0.4 is 10.2 Å². The molecule has 0 saturated carbocycles. The molecule has 0 fully saturated rings. The number of thioether (sulfide) groups is 1. The molecular weight excluding hydrogens is 436 g/mol. The average molecular weight is 461 g/mol. The van der Waals surface area contributed by atoms with Crippen molar-refractivity contribution in [3.63, 3.8) is 0 Å². The van der Waals surface area contributed by atoms with Gasteiger partial charge in [0.25, 0.3) is 5.91 Å². The SMILES string of the molecule is C.CN1C(=O)[C@@H](NC(=O)c2n[nH]c(Cc3ccccc3)n2)CSc2ccc3cnccc3c21. The molecule has 0 bridgehead atoms. The molecule has 9 heteroatoms. The summed E-state index contributed by atoms with van der Waals surface area (Å²) >= 11 is 1.54. The van der Waals surface area contributed by atoms with Crippen molar-refractivity contribution in [2.75, 3.05) is 17.7 Å². The molecule has 33 heavy (non-hydrogen) atoms. The Kier molecular flexibility index (Phi) is 6.41. The van der Waals surface area contributed by atoms with E-state index in [-0.39, 0.29) is 19.2 Å². The van der Waals surface area contributed by atoms with Gasteiger partial charge in [-0.1, -0.05) is 43.8 Å². The molecule has 2 aromatic carbocycles. The van der Waals surface area contributed by atoms with Crippen LogP contribution in [0.15, 0.2) is 65.8 Å². The van der Waals surface area contributed by atoms with Crippen molar-refractivity contribution < 1.29 is 9.59 Å². The van der Waals surface area contributed by atoms with Crippen LogP contribution in [-0.2, 0) is 11.2 Å². The van der Waals surface area contributed by atoms with Gasteiger partial charge in [-0.2, -0.15) is 0 Å². The summed E-state index contributed by atoms with van der Waals surface area (Å²) in [5, 5.41) is 11.6. The van der Waals surface area contributed by atoms with Crippen molar-refractivity contribution in [2.24, 2.45) is 0 Å². The van der Waals surface area contributed by atoms with Crippen LogP contribution in [0.4, 0.5) is 5.69 Å². The topological polar surface area (TPSA) is 104 Å². The zero-order valence-electron chi connectivity index (χ0n) is 17.3. The van der Waals surface area contributed by atoms with E-state index in [2.05, 4.69) is 25.5 Å². The van der Waals surface area contributed by atoms with Gasteiger partial charge in [0.1, 0.15) is 11.9 Å². The number of H-pyrrole nitrogens is 1. The number of carbonyl (C=O) groups excluding carboxylic acids is 2. The predicted molar refractivity (Wildman–Crippen MR) is 129 cm³/mol. The summed E-state index contributed by atoms with van der Waals surface area (Å²) in [6.07, 6.45) is 4.03. The van der Waals surface area contributed by atoms with Crippen molar-refractivity contribution in [3.05, 3.63) is 78.1 Å². The number of aromatic amines is 1. The minimum atomic E-state index is -0.696. The number of nitrogens with one attached hydrogen (secondary N) is 2. The fourth-order valence-corrected chi connectivity index (χ4v) is 4.89. The van der Waals surface area contributed by atoms with Crippen molar-refractivity contribution in [1.82, 2.24) is 25.5 Å². The molecule has 8 nitrogen and oxygen atoms in total. The first-order valence-corrected chi connectivity index (χ1v) is 11.1. The van der Waals surface area contributed by atoms with Crippen LogP contribution in [0.1, 0.15) is 29.4 Å². The number of fused-ring (bicyclic) bond motifs is 3. The highest BCUT2D eigenvalue weighted by molar-refractivity contribution is 7.99. The summed E-state index contributed by atoms with van der Waals surface area (Å²) in [7, 11) is 1.73. The lowest BCUT2D eigenvalue weighted by atomic mass is 10.1. The first-order chi connectivity index (χ1) is 15.6. The molecule has 5 rings (SSSR count). The Morgan fingerprint density at radius 1 is 1.21 bits per heavy atom. The number of benzene rings is 2. The van der Waals surface area contributed by atoms with E-state index in [1.165, 1.54) is 11.8 Å². The highest BCUT2D eigenvalue weighted by Gasteiger charge is 2.31. The Morgan fingerprint density at radius 3 is 2.85 bits per heavy atom. The summed E-state index contributed by atoms with van der Waals surface area (Å²) in [6.45, 7) is 0. The van der Waals surface area contributed by atoms with Crippen LogP contribution in [-0.4, -0.2) is 50.8 Å². The maximum absolute atomic E-state index is 13.2. The molecule has 1 atom stereocenters. The van der Waals surface area contributed by atoms with Gasteiger partial charge in [0.2, 0.25) is 11.7 Å². The van der Waals surface area contributed by atoms with Crippen molar-refractivity contribution in [1.29, 1.82) is 0 Å². The summed E-state index contributed by atoms with van der Waals surface area (Å²) in [5.41, 5.74) is 1.90. The Morgan fingerprint density at radius 2 is 2.03 bits per heavy atom. The van der Waals surface area contributed by atoms with Gasteiger partial charge in [-0.15, -0.1) is 16.9 Å². The summed E-state index contributed by atoms with van der Waals surface area (Å²) in [4.78, 5) is 37.0. The van der Waals surface area contributed by atoms with Crippen molar-refractivity contribution in [3.8, 4) is 0 Å². The van der Waals surface area contributed by atoms with Gasteiger partial charge in [0, 0.05) is 47.3 Å². The van der Waals surface area contributed by atoms with Gasteiger partial charge in [0.15, 0.2) is 0 Å². The summed E-state index contributed by atoms with van der Waals surface area (Å²) in [5.74, 6) is 0.365. The van der Waals surface area contributed by atoms with Crippen LogP contribution in [0.2, 0.25) is 0 Å². The zero-order chi connectivity index (χ0) is 22.1. The van der Waals surface area contributed by atoms with Crippen LogP contribution in [0.3, 0.4) is 0 Å². The van der Waals surface area contributed by atoms with Gasteiger partial charge in [-0.3, -0.25) is 19.7 Å². The Hall–Kier alpha value is -3.72. The Labute approximate surface area is 195 Å². The fraction of sp³-hybridized carbons (Fsp3) is 0.208. The number of anilines is 1. The standard InChI is InChI=1S/C23H20N6O2S.CH4/c1-29-20-16-9-10-24-12-15(16)7-8-18(20)32-13-17(23(29)31)25-22(30)21-26-19(27-28-21)11-14-5-3-2-4-6-14;/h2-10,12,17H,11,13H2,1H3,(H,25,30)(H,26,27,28);1H4/t17-;/m0./s1. The monoisotopic (exact) mass is 460 g/mol. The van der Waals surface area contributed by atoms with Crippen molar-refractivity contribution >= 4 is 40.0 Å². The van der Waals surface area contributed by atoms with Crippen LogP contribution in [0.5, 0.6) is 0 Å². The maximum atomic E-state index is 13.2. The third kappa shape index (κ3) is 4.45. The Balaban J connectivity index is 0.00000259. The lowest BCUT2D eigenvalue weighted by Crippen LogP contribution is -2.48. The van der Waals surface area contributed by atoms with E-state index in [4.69, 9.17) is 0 Å². The maximum Gasteiger partial charge on any atom is 0.291 e. The van der Waals surface area contributed by atoms with E-state index in [0.717, 1.165) is 26.9 Å². The Bertz CT molecular complexity index is 1310. The lowest BCUT2D eigenvalue weighted by Gasteiger charge is -2.22. The second-order valence-electron chi connectivity index (χ2n) is 7.51. The number of nitrogens with zero attached hydrogens (tertiary/aromatic N) is 4. The number of rotatable bonds is 4. The number of amides is 2. The first-order valence-electron chi connectivity index (χ1n) is 10.1. The van der Waals surface area contributed by atoms with Gasteiger partial charge >= 0.3 is 0 Å². The smallest absolute Gasteiger partial charge is 0.291 e. The number of likely N-dealkylation sites (N-methyl/N-ethyl adjacent to an activating group) is 1. The molecule has 0 radical (unpaired) electrons. The summed E-state index contributed by atoms with van der Waals surface area (Å²) in [6, 6.07) is 15.0. The third-order valence-electron chi connectivity index (χ3n) is 5.38. The van der Waals surface area contributed by atoms with E-state index in [9.17, 15) is 9.59 Å².